The third kappa shape index (κ3) is 3.10. The van der Waals surface area contributed by atoms with E-state index in [1.807, 2.05) is 6.92 Å². The first-order chi connectivity index (χ1) is 13.1. The quantitative estimate of drug-likeness (QED) is 0.492. The van der Waals surface area contributed by atoms with Crippen LogP contribution in [0, 0.1) is 5.82 Å². The Balaban J connectivity index is 1.96. The second kappa shape index (κ2) is 6.92. The number of hydrogen-bond donors (Lipinski definition) is 0. The van der Waals surface area contributed by atoms with E-state index in [2.05, 4.69) is 20.1 Å². The Labute approximate surface area is 159 Å². The van der Waals surface area contributed by atoms with Gasteiger partial charge in [-0.05, 0) is 19.1 Å². The van der Waals surface area contributed by atoms with Crippen LogP contribution in [0.2, 0.25) is 5.15 Å². The van der Waals surface area contributed by atoms with Gasteiger partial charge in [-0.1, -0.05) is 23.7 Å². The van der Waals surface area contributed by atoms with Crippen LogP contribution in [0.4, 0.5) is 4.39 Å². The molecular formula is C19H15ClFN5O. The highest BCUT2D eigenvalue weighted by atomic mass is 35.5. The summed E-state index contributed by atoms with van der Waals surface area (Å²) in [6.45, 7) is 2.33. The van der Waals surface area contributed by atoms with E-state index in [9.17, 15) is 4.39 Å². The predicted octanol–water partition coefficient (Wildman–Crippen LogP) is 4.28. The lowest BCUT2D eigenvalue weighted by molar-refractivity contribution is 0.339. The highest BCUT2D eigenvalue weighted by Gasteiger charge is 2.20. The van der Waals surface area contributed by atoms with Gasteiger partial charge in [0.05, 0.1) is 12.1 Å². The van der Waals surface area contributed by atoms with E-state index < -0.39 is 0 Å². The summed E-state index contributed by atoms with van der Waals surface area (Å²) < 4.78 is 21.5. The van der Waals surface area contributed by atoms with Crippen LogP contribution in [-0.4, -0.2) is 31.3 Å². The zero-order valence-electron chi connectivity index (χ0n) is 14.6. The van der Waals surface area contributed by atoms with Crippen LogP contribution in [0.15, 0.2) is 42.9 Å². The molecule has 0 unspecified atom stereocenters. The van der Waals surface area contributed by atoms with Gasteiger partial charge in [-0.25, -0.2) is 19.3 Å². The number of hydrogen-bond acceptors (Lipinski definition) is 5. The van der Waals surface area contributed by atoms with Crippen molar-refractivity contribution in [2.24, 2.45) is 7.05 Å². The highest BCUT2D eigenvalue weighted by molar-refractivity contribution is 6.31. The number of ether oxygens (including phenoxy) is 1. The number of nitrogens with zero attached hydrogens (tertiary/aromatic N) is 5. The fourth-order valence-corrected chi connectivity index (χ4v) is 3.11. The number of halogens is 2. The first-order valence-electron chi connectivity index (χ1n) is 8.31. The molecule has 0 bridgehead atoms. The second-order valence-corrected chi connectivity index (χ2v) is 6.20. The molecule has 0 radical (unpaired) electrons. The molecule has 0 N–H and O–H groups in total. The summed E-state index contributed by atoms with van der Waals surface area (Å²) in [6, 6.07) is 8.20. The molecule has 0 aliphatic heterocycles. The van der Waals surface area contributed by atoms with Crippen LogP contribution in [0.25, 0.3) is 33.5 Å². The maximum absolute atomic E-state index is 14.4. The van der Waals surface area contributed by atoms with Crippen molar-refractivity contribution >= 4 is 22.6 Å². The molecule has 4 aromatic rings. The molecule has 136 valence electrons. The number of fused-ring (bicyclic) bond motifs is 1. The lowest BCUT2D eigenvalue weighted by Gasteiger charge is -2.09. The van der Waals surface area contributed by atoms with Gasteiger partial charge in [0.15, 0.2) is 10.9 Å². The molecule has 4 rings (SSSR count). The maximum atomic E-state index is 14.4. The highest BCUT2D eigenvalue weighted by Crippen LogP contribution is 2.35. The molecule has 0 saturated heterocycles. The van der Waals surface area contributed by atoms with Gasteiger partial charge in [0.2, 0.25) is 0 Å². The smallest absolute Gasteiger partial charge is 0.171 e. The van der Waals surface area contributed by atoms with E-state index in [-0.39, 0.29) is 11.0 Å². The standard InChI is InChI=1S/C19H15ClFN5O/c1-3-27-15-8-14-18(24-19(15)20)17(23-10-22-14)12-9-26(2)25-16(12)11-6-4-5-7-13(11)21/h4-10H,3H2,1-2H3. The zero-order valence-corrected chi connectivity index (χ0v) is 15.4. The third-order valence-electron chi connectivity index (χ3n) is 4.04. The fraction of sp³-hybridized carbons (Fsp3) is 0.158. The molecule has 0 spiro atoms. The van der Waals surface area contributed by atoms with Crippen LogP contribution in [0.1, 0.15) is 6.92 Å². The van der Waals surface area contributed by atoms with Crippen molar-refractivity contribution in [3.63, 3.8) is 0 Å². The largest absolute Gasteiger partial charge is 0.491 e. The minimum absolute atomic E-state index is 0.219. The van der Waals surface area contributed by atoms with Crippen molar-refractivity contribution in [3.05, 3.63) is 53.8 Å². The molecule has 0 aliphatic rings. The van der Waals surface area contributed by atoms with E-state index in [0.717, 1.165) is 0 Å². The number of pyridine rings is 1. The van der Waals surface area contributed by atoms with Crippen LogP contribution in [-0.2, 0) is 7.05 Å². The van der Waals surface area contributed by atoms with Crippen molar-refractivity contribution in [2.75, 3.05) is 6.61 Å². The Morgan fingerprint density at radius 2 is 1.96 bits per heavy atom. The van der Waals surface area contributed by atoms with E-state index >= 15 is 0 Å². The first kappa shape index (κ1) is 17.4. The molecule has 0 aliphatic carbocycles. The summed E-state index contributed by atoms with van der Waals surface area (Å²) in [5.41, 5.74) is 3.10. The van der Waals surface area contributed by atoms with Gasteiger partial charge < -0.3 is 4.74 Å². The minimum atomic E-state index is -0.361. The molecule has 0 atom stereocenters. The molecule has 0 amide bonds. The van der Waals surface area contributed by atoms with Crippen molar-refractivity contribution in [2.45, 2.75) is 6.92 Å². The van der Waals surface area contributed by atoms with Gasteiger partial charge in [-0.15, -0.1) is 0 Å². The van der Waals surface area contributed by atoms with Crippen molar-refractivity contribution in [1.29, 1.82) is 0 Å². The molecule has 3 heterocycles. The summed E-state index contributed by atoms with van der Waals surface area (Å²) in [6.07, 6.45) is 3.21. The maximum Gasteiger partial charge on any atom is 0.171 e. The molecule has 0 saturated carbocycles. The molecular weight excluding hydrogens is 369 g/mol. The monoisotopic (exact) mass is 383 g/mol. The van der Waals surface area contributed by atoms with E-state index in [4.69, 9.17) is 16.3 Å². The average molecular weight is 384 g/mol. The topological polar surface area (TPSA) is 65.7 Å². The van der Waals surface area contributed by atoms with Crippen LogP contribution < -0.4 is 4.74 Å². The Hall–Kier alpha value is -3.06. The van der Waals surface area contributed by atoms with Crippen molar-refractivity contribution in [1.82, 2.24) is 24.7 Å². The lowest BCUT2D eigenvalue weighted by Crippen LogP contribution is -1.97. The Bertz CT molecular complexity index is 1140. The van der Waals surface area contributed by atoms with Gasteiger partial charge >= 0.3 is 0 Å². The third-order valence-corrected chi connectivity index (χ3v) is 4.32. The Morgan fingerprint density at radius 3 is 2.74 bits per heavy atom. The van der Waals surface area contributed by atoms with E-state index in [1.165, 1.54) is 12.4 Å². The lowest BCUT2D eigenvalue weighted by atomic mass is 10.0. The SMILES string of the molecule is CCOc1cc2ncnc(-c3cn(C)nc3-c3ccccc3F)c2nc1Cl. The van der Waals surface area contributed by atoms with E-state index in [1.54, 1.807) is 42.2 Å². The molecule has 6 nitrogen and oxygen atoms in total. The van der Waals surface area contributed by atoms with Gasteiger partial charge in [-0.2, -0.15) is 5.10 Å². The fourth-order valence-electron chi connectivity index (χ4n) is 2.91. The van der Waals surface area contributed by atoms with Crippen molar-refractivity contribution in [3.8, 4) is 28.3 Å². The van der Waals surface area contributed by atoms with Crippen LogP contribution >= 0.6 is 11.6 Å². The van der Waals surface area contributed by atoms with Gasteiger partial charge in [0.1, 0.15) is 29.0 Å². The van der Waals surface area contributed by atoms with Gasteiger partial charge in [0, 0.05) is 30.4 Å². The Morgan fingerprint density at radius 1 is 1.15 bits per heavy atom. The zero-order chi connectivity index (χ0) is 19.0. The van der Waals surface area contributed by atoms with Crippen LogP contribution in [0.5, 0.6) is 5.75 Å². The van der Waals surface area contributed by atoms with Crippen molar-refractivity contribution < 1.29 is 9.13 Å². The Kier molecular flexibility index (Phi) is 4.45. The van der Waals surface area contributed by atoms with Gasteiger partial charge in [0.25, 0.3) is 0 Å². The molecule has 1 aromatic carbocycles. The first-order valence-corrected chi connectivity index (χ1v) is 8.69. The number of aryl methyl sites for hydroxylation is 1. The summed E-state index contributed by atoms with van der Waals surface area (Å²) in [5, 5.41) is 4.64. The predicted molar refractivity (Wildman–Crippen MR) is 101 cm³/mol. The molecule has 8 heteroatoms. The number of rotatable bonds is 4. The van der Waals surface area contributed by atoms with Crippen LogP contribution in [0.3, 0.4) is 0 Å². The number of benzene rings is 1. The molecule has 27 heavy (non-hydrogen) atoms. The second-order valence-electron chi connectivity index (χ2n) is 5.85. The summed E-state index contributed by atoms with van der Waals surface area (Å²) >= 11 is 6.26. The van der Waals surface area contributed by atoms with Gasteiger partial charge in [-0.3, -0.25) is 4.68 Å². The van der Waals surface area contributed by atoms with E-state index in [0.29, 0.717) is 45.9 Å². The molecule has 0 fully saturated rings. The summed E-state index contributed by atoms with van der Waals surface area (Å²) in [4.78, 5) is 13.1. The summed E-state index contributed by atoms with van der Waals surface area (Å²) in [7, 11) is 1.77. The summed E-state index contributed by atoms with van der Waals surface area (Å²) in [5.74, 6) is 0.0947. The average Bonchev–Trinajstić information content (AvgIpc) is 3.04. The molecule has 3 aromatic heterocycles. The minimum Gasteiger partial charge on any atom is -0.491 e. The normalized spacial score (nSPS) is 11.1. The number of aromatic nitrogens is 5.